The molecular formula is C20H21ClN2O. The molecule has 1 saturated heterocycles. The van der Waals surface area contributed by atoms with Gasteiger partial charge in [0.05, 0.1) is 16.4 Å². The van der Waals surface area contributed by atoms with Crippen molar-refractivity contribution in [3.05, 3.63) is 65.2 Å². The third-order valence-electron chi connectivity index (χ3n) is 4.14. The van der Waals surface area contributed by atoms with E-state index in [0.717, 1.165) is 42.9 Å². The van der Waals surface area contributed by atoms with Crippen LogP contribution in [0, 0.1) is 0 Å². The van der Waals surface area contributed by atoms with Gasteiger partial charge in [0.15, 0.2) is 0 Å². The second-order valence-electron chi connectivity index (χ2n) is 5.92. The monoisotopic (exact) mass is 340 g/mol. The first kappa shape index (κ1) is 16.6. The van der Waals surface area contributed by atoms with Gasteiger partial charge in [-0.25, -0.2) is 0 Å². The van der Waals surface area contributed by atoms with Gasteiger partial charge in [-0.15, -0.1) is 0 Å². The number of carbonyl (C=O) groups is 1. The van der Waals surface area contributed by atoms with Crippen LogP contribution in [0.1, 0.15) is 24.8 Å². The maximum absolute atomic E-state index is 12.3. The van der Waals surface area contributed by atoms with E-state index in [4.69, 9.17) is 11.6 Å². The zero-order valence-electron chi connectivity index (χ0n) is 13.5. The third kappa shape index (κ3) is 4.18. The minimum atomic E-state index is -0.153. The van der Waals surface area contributed by atoms with Crippen LogP contribution in [0.15, 0.2) is 54.6 Å². The van der Waals surface area contributed by atoms with Gasteiger partial charge in [0, 0.05) is 19.2 Å². The average Bonchev–Trinajstić information content (AvgIpc) is 2.62. The summed E-state index contributed by atoms with van der Waals surface area (Å²) in [6.07, 6.45) is 6.93. The summed E-state index contributed by atoms with van der Waals surface area (Å²) in [6.45, 7) is 1.96. The lowest BCUT2D eigenvalue weighted by Crippen LogP contribution is -2.30. The highest BCUT2D eigenvalue weighted by Crippen LogP contribution is 2.35. The van der Waals surface area contributed by atoms with Crippen LogP contribution < -0.4 is 10.2 Å². The Bertz CT molecular complexity index is 722. The Morgan fingerprint density at radius 1 is 1.00 bits per heavy atom. The Morgan fingerprint density at radius 2 is 1.75 bits per heavy atom. The molecular weight excluding hydrogens is 320 g/mol. The van der Waals surface area contributed by atoms with Crippen molar-refractivity contribution in [1.82, 2.24) is 0 Å². The number of piperidine rings is 1. The number of halogens is 1. The summed E-state index contributed by atoms with van der Waals surface area (Å²) < 4.78 is 0. The summed E-state index contributed by atoms with van der Waals surface area (Å²) in [7, 11) is 0. The van der Waals surface area contributed by atoms with Gasteiger partial charge in [0.2, 0.25) is 5.91 Å². The number of amides is 1. The summed E-state index contributed by atoms with van der Waals surface area (Å²) in [5.41, 5.74) is 2.70. The van der Waals surface area contributed by atoms with Gasteiger partial charge in [-0.2, -0.15) is 0 Å². The molecule has 0 atom stereocenters. The van der Waals surface area contributed by atoms with E-state index in [9.17, 15) is 4.79 Å². The molecule has 0 unspecified atom stereocenters. The molecule has 1 aliphatic rings. The van der Waals surface area contributed by atoms with Gasteiger partial charge < -0.3 is 10.2 Å². The molecule has 124 valence electrons. The van der Waals surface area contributed by atoms with Crippen molar-refractivity contribution in [1.29, 1.82) is 0 Å². The normalized spacial score (nSPS) is 14.8. The smallest absolute Gasteiger partial charge is 0.248 e. The van der Waals surface area contributed by atoms with E-state index in [1.807, 2.05) is 48.5 Å². The lowest BCUT2D eigenvalue weighted by atomic mass is 10.1. The maximum Gasteiger partial charge on any atom is 0.248 e. The van der Waals surface area contributed by atoms with Crippen LogP contribution >= 0.6 is 11.6 Å². The Morgan fingerprint density at radius 3 is 2.50 bits per heavy atom. The maximum atomic E-state index is 12.3. The fourth-order valence-electron chi connectivity index (χ4n) is 2.97. The molecule has 0 spiro atoms. The predicted molar refractivity (Wildman–Crippen MR) is 102 cm³/mol. The van der Waals surface area contributed by atoms with Gasteiger partial charge >= 0.3 is 0 Å². The fourth-order valence-corrected chi connectivity index (χ4v) is 3.26. The fraction of sp³-hybridized carbons (Fsp3) is 0.250. The van der Waals surface area contributed by atoms with Crippen molar-refractivity contribution in [2.24, 2.45) is 0 Å². The molecule has 1 fully saturated rings. The van der Waals surface area contributed by atoms with E-state index in [1.165, 1.54) is 6.42 Å². The summed E-state index contributed by atoms with van der Waals surface area (Å²) in [5.74, 6) is -0.153. The lowest BCUT2D eigenvalue weighted by Gasteiger charge is -2.31. The second kappa shape index (κ2) is 8.02. The number of nitrogens with one attached hydrogen (secondary N) is 1. The standard InChI is InChI=1S/C20H21ClN2O/c21-17-10-7-11-18(20(17)23-14-5-2-6-15-23)22-19(24)13-12-16-8-3-1-4-9-16/h1,3-4,7-13H,2,5-6,14-15H2,(H,22,24)/b13-12+. The number of anilines is 2. The van der Waals surface area contributed by atoms with Crippen molar-refractivity contribution in [3.63, 3.8) is 0 Å². The average molecular weight is 341 g/mol. The Hall–Kier alpha value is -2.26. The molecule has 3 rings (SSSR count). The second-order valence-corrected chi connectivity index (χ2v) is 6.32. The van der Waals surface area contributed by atoms with Crippen molar-refractivity contribution < 1.29 is 4.79 Å². The summed E-state index contributed by atoms with van der Waals surface area (Å²) >= 11 is 6.41. The molecule has 1 N–H and O–H groups in total. The molecule has 0 aliphatic carbocycles. The minimum Gasteiger partial charge on any atom is -0.369 e. The predicted octanol–water partition coefficient (Wildman–Crippen LogP) is 4.98. The van der Waals surface area contributed by atoms with E-state index in [2.05, 4.69) is 10.2 Å². The Kier molecular flexibility index (Phi) is 5.55. The molecule has 24 heavy (non-hydrogen) atoms. The van der Waals surface area contributed by atoms with E-state index in [-0.39, 0.29) is 5.91 Å². The van der Waals surface area contributed by atoms with Crippen molar-refractivity contribution in [2.75, 3.05) is 23.3 Å². The summed E-state index contributed by atoms with van der Waals surface area (Å²) in [4.78, 5) is 14.5. The quantitative estimate of drug-likeness (QED) is 0.796. The van der Waals surface area contributed by atoms with Crippen LogP contribution in [0.3, 0.4) is 0 Å². The lowest BCUT2D eigenvalue weighted by molar-refractivity contribution is -0.111. The highest BCUT2D eigenvalue weighted by Gasteiger charge is 2.18. The zero-order valence-corrected chi connectivity index (χ0v) is 14.3. The van der Waals surface area contributed by atoms with Gasteiger partial charge in [-0.05, 0) is 43.0 Å². The molecule has 0 saturated carbocycles. The van der Waals surface area contributed by atoms with Gasteiger partial charge in [-0.1, -0.05) is 48.0 Å². The van der Waals surface area contributed by atoms with E-state index in [1.54, 1.807) is 12.2 Å². The zero-order chi connectivity index (χ0) is 16.8. The van der Waals surface area contributed by atoms with Crippen LogP contribution in [0.4, 0.5) is 11.4 Å². The van der Waals surface area contributed by atoms with Crippen LogP contribution in [-0.4, -0.2) is 19.0 Å². The topological polar surface area (TPSA) is 32.3 Å². The highest BCUT2D eigenvalue weighted by atomic mass is 35.5. The molecule has 1 heterocycles. The largest absolute Gasteiger partial charge is 0.369 e. The van der Waals surface area contributed by atoms with Gasteiger partial charge in [0.25, 0.3) is 0 Å². The molecule has 2 aromatic rings. The van der Waals surface area contributed by atoms with E-state index >= 15 is 0 Å². The van der Waals surface area contributed by atoms with Gasteiger partial charge in [0.1, 0.15) is 0 Å². The third-order valence-corrected chi connectivity index (χ3v) is 4.45. The number of nitrogens with zero attached hydrogens (tertiary/aromatic N) is 1. The molecule has 4 heteroatoms. The first-order valence-corrected chi connectivity index (χ1v) is 8.69. The van der Waals surface area contributed by atoms with Crippen molar-refractivity contribution in [2.45, 2.75) is 19.3 Å². The highest BCUT2D eigenvalue weighted by molar-refractivity contribution is 6.34. The van der Waals surface area contributed by atoms with Crippen molar-refractivity contribution in [3.8, 4) is 0 Å². The van der Waals surface area contributed by atoms with Crippen LogP contribution in [0.2, 0.25) is 5.02 Å². The minimum absolute atomic E-state index is 0.153. The number of hydrogen-bond donors (Lipinski definition) is 1. The molecule has 0 radical (unpaired) electrons. The molecule has 2 aromatic carbocycles. The molecule has 0 bridgehead atoms. The number of carbonyl (C=O) groups excluding carboxylic acids is 1. The molecule has 1 amide bonds. The number of hydrogen-bond acceptors (Lipinski definition) is 2. The summed E-state index contributed by atoms with van der Waals surface area (Å²) in [5, 5.41) is 3.65. The Balaban J connectivity index is 1.76. The molecule has 1 aliphatic heterocycles. The molecule has 3 nitrogen and oxygen atoms in total. The van der Waals surface area contributed by atoms with Crippen LogP contribution in [0.5, 0.6) is 0 Å². The first-order valence-electron chi connectivity index (χ1n) is 8.31. The van der Waals surface area contributed by atoms with Crippen LogP contribution in [0.25, 0.3) is 6.08 Å². The number of rotatable bonds is 4. The molecule has 0 aromatic heterocycles. The Labute approximate surface area is 147 Å². The number of benzene rings is 2. The van der Waals surface area contributed by atoms with E-state index < -0.39 is 0 Å². The van der Waals surface area contributed by atoms with Crippen LogP contribution in [-0.2, 0) is 4.79 Å². The first-order chi connectivity index (χ1) is 11.7. The van der Waals surface area contributed by atoms with E-state index in [0.29, 0.717) is 5.02 Å². The van der Waals surface area contributed by atoms with Gasteiger partial charge in [-0.3, -0.25) is 4.79 Å². The summed E-state index contributed by atoms with van der Waals surface area (Å²) in [6, 6.07) is 15.4. The SMILES string of the molecule is O=C(/C=C/c1ccccc1)Nc1cccc(Cl)c1N1CCCCC1. The van der Waals surface area contributed by atoms with Crippen molar-refractivity contribution >= 4 is 35.0 Å². The number of para-hydroxylation sites is 1.